The Kier molecular flexibility index (Phi) is 7.27. The van der Waals surface area contributed by atoms with Gasteiger partial charge in [0.05, 0.1) is 0 Å². The zero-order valence-electron chi connectivity index (χ0n) is 17.8. The summed E-state index contributed by atoms with van der Waals surface area (Å²) >= 11 is 0. The molecule has 0 aliphatic heterocycles. The minimum atomic E-state index is -1.59. The van der Waals surface area contributed by atoms with E-state index in [1.165, 1.54) is 48.5 Å². The Labute approximate surface area is 194 Å². The fraction of sp³-hybridized carbons (Fsp3) is 0.120. The molecule has 9 heteroatoms. The van der Waals surface area contributed by atoms with Crippen molar-refractivity contribution < 1.29 is 45.0 Å². The first-order chi connectivity index (χ1) is 16.1. The van der Waals surface area contributed by atoms with E-state index in [-0.39, 0.29) is 35.8 Å². The maximum atomic E-state index is 12.2. The monoisotopic (exact) mass is 466 g/mol. The molecule has 9 nitrogen and oxygen atoms in total. The van der Waals surface area contributed by atoms with E-state index in [2.05, 4.69) is 0 Å². The summed E-state index contributed by atoms with van der Waals surface area (Å²) in [6.07, 6.45) is 0.647. The summed E-state index contributed by atoms with van der Waals surface area (Å²) in [5, 5.41) is 57.7. The number of phenolic OH excluding ortho intramolecular Hbond substituents is 5. The van der Waals surface area contributed by atoms with Crippen LogP contribution in [0.3, 0.4) is 0 Å². The summed E-state index contributed by atoms with van der Waals surface area (Å²) in [7, 11) is 0. The van der Waals surface area contributed by atoms with Crippen LogP contribution in [0.15, 0.2) is 60.7 Å². The van der Waals surface area contributed by atoms with Crippen molar-refractivity contribution in [1.29, 1.82) is 0 Å². The Morgan fingerprint density at radius 3 is 2.03 bits per heavy atom. The third-order valence-electron chi connectivity index (χ3n) is 4.98. The van der Waals surface area contributed by atoms with Gasteiger partial charge in [-0.3, -0.25) is 0 Å². The highest BCUT2D eigenvalue weighted by molar-refractivity contribution is 5.89. The Hall–Kier alpha value is -4.66. The fourth-order valence-corrected chi connectivity index (χ4v) is 3.22. The van der Waals surface area contributed by atoms with Gasteiger partial charge in [-0.1, -0.05) is 18.2 Å². The number of hydrogen-bond donors (Lipinski definition) is 6. The minimum absolute atomic E-state index is 0.0750. The lowest BCUT2D eigenvalue weighted by atomic mass is 9.95. The Bertz CT molecular complexity index is 1230. The number of aromatic hydroxyl groups is 5. The maximum absolute atomic E-state index is 12.2. The molecule has 0 amide bonds. The van der Waals surface area contributed by atoms with Gasteiger partial charge in [-0.05, 0) is 71.1 Å². The third kappa shape index (κ3) is 6.19. The highest BCUT2D eigenvalue weighted by Crippen LogP contribution is 2.31. The smallest absolute Gasteiger partial charge is 0.345 e. The largest absolute Gasteiger partial charge is 0.508 e. The molecule has 3 aromatic rings. The molecular weight excluding hydrogens is 444 g/mol. The number of aliphatic carboxylic acids is 1. The molecule has 0 aromatic heterocycles. The Morgan fingerprint density at radius 1 is 0.794 bits per heavy atom. The second-order valence-corrected chi connectivity index (χ2v) is 7.50. The van der Waals surface area contributed by atoms with E-state index in [9.17, 15) is 40.2 Å². The average Bonchev–Trinajstić information content (AvgIpc) is 2.78. The first kappa shape index (κ1) is 24.0. The standard InChI is InChI=1S/C25H22O9/c26-18-5-1-14(2-6-18)9-16-11-21(29)22(30)12-17(16)13-23(25(32)33)34-24(31)8-4-15-3-7-19(27)20(28)10-15/h1-8,10-12,23,26-30H,9,13H2,(H,32,33)/b8-4+/t23-/m1/s1. The van der Waals surface area contributed by atoms with Gasteiger partial charge >= 0.3 is 11.9 Å². The molecule has 0 bridgehead atoms. The number of esters is 1. The van der Waals surface area contributed by atoms with Crippen LogP contribution in [0.4, 0.5) is 0 Å². The topological polar surface area (TPSA) is 165 Å². The number of carboxylic acids is 1. The highest BCUT2D eigenvalue weighted by atomic mass is 16.6. The molecule has 0 aliphatic rings. The van der Waals surface area contributed by atoms with Gasteiger partial charge in [0.1, 0.15) is 5.75 Å². The van der Waals surface area contributed by atoms with Crippen molar-refractivity contribution in [2.45, 2.75) is 18.9 Å². The number of benzene rings is 3. The SMILES string of the molecule is O=C(/C=C/c1ccc(O)c(O)c1)O[C@H](Cc1cc(O)c(O)cc1Cc1ccc(O)cc1)C(=O)O. The van der Waals surface area contributed by atoms with E-state index in [4.69, 9.17) is 4.74 Å². The van der Waals surface area contributed by atoms with Gasteiger partial charge in [-0.2, -0.15) is 0 Å². The molecule has 0 aliphatic carbocycles. The predicted octanol–water partition coefficient (Wildman–Crippen LogP) is 3.06. The van der Waals surface area contributed by atoms with Gasteiger partial charge in [0.2, 0.25) is 6.10 Å². The number of rotatable bonds is 8. The molecular formula is C25H22O9. The van der Waals surface area contributed by atoms with Crippen molar-refractivity contribution in [2.75, 3.05) is 0 Å². The molecule has 176 valence electrons. The molecule has 0 heterocycles. The van der Waals surface area contributed by atoms with Crippen molar-refractivity contribution in [3.8, 4) is 28.7 Å². The Balaban J connectivity index is 1.78. The second-order valence-electron chi connectivity index (χ2n) is 7.50. The van der Waals surface area contributed by atoms with Crippen LogP contribution < -0.4 is 0 Å². The molecule has 0 fully saturated rings. The number of phenols is 5. The van der Waals surface area contributed by atoms with Gasteiger partial charge in [0.25, 0.3) is 0 Å². The fourth-order valence-electron chi connectivity index (χ4n) is 3.22. The van der Waals surface area contributed by atoms with Crippen LogP contribution in [0.5, 0.6) is 28.7 Å². The molecule has 1 atom stereocenters. The van der Waals surface area contributed by atoms with Crippen molar-refractivity contribution >= 4 is 18.0 Å². The van der Waals surface area contributed by atoms with E-state index < -0.39 is 23.8 Å². The van der Waals surface area contributed by atoms with Crippen LogP contribution in [0, 0.1) is 0 Å². The van der Waals surface area contributed by atoms with E-state index in [0.717, 1.165) is 11.6 Å². The maximum Gasteiger partial charge on any atom is 0.345 e. The van der Waals surface area contributed by atoms with Crippen LogP contribution in [-0.2, 0) is 27.2 Å². The Morgan fingerprint density at radius 2 is 1.41 bits per heavy atom. The summed E-state index contributed by atoms with van der Waals surface area (Å²) in [4.78, 5) is 24.0. The number of carbonyl (C=O) groups excluding carboxylic acids is 1. The van der Waals surface area contributed by atoms with Gasteiger partial charge in [-0.15, -0.1) is 0 Å². The normalized spacial score (nSPS) is 11.9. The lowest BCUT2D eigenvalue weighted by molar-refractivity contribution is -0.160. The summed E-state index contributed by atoms with van der Waals surface area (Å²) in [5.41, 5.74) is 1.97. The molecule has 0 radical (unpaired) electrons. The van der Waals surface area contributed by atoms with Gasteiger partial charge < -0.3 is 35.4 Å². The second kappa shape index (κ2) is 10.3. The minimum Gasteiger partial charge on any atom is -0.508 e. The molecule has 0 saturated heterocycles. The molecule has 3 rings (SSSR count). The van der Waals surface area contributed by atoms with Crippen LogP contribution >= 0.6 is 0 Å². The quantitative estimate of drug-likeness (QED) is 0.166. The molecule has 0 spiro atoms. The molecule has 6 N–H and O–H groups in total. The van der Waals surface area contributed by atoms with Crippen molar-refractivity contribution in [1.82, 2.24) is 0 Å². The van der Waals surface area contributed by atoms with Gasteiger partial charge in [0, 0.05) is 12.5 Å². The summed E-state index contributed by atoms with van der Waals surface area (Å²) in [6.45, 7) is 0. The molecule has 34 heavy (non-hydrogen) atoms. The average molecular weight is 466 g/mol. The predicted molar refractivity (Wildman–Crippen MR) is 121 cm³/mol. The lowest BCUT2D eigenvalue weighted by Crippen LogP contribution is -2.29. The van der Waals surface area contributed by atoms with Crippen LogP contribution in [0.25, 0.3) is 6.08 Å². The number of carbonyl (C=O) groups is 2. The zero-order valence-corrected chi connectivity index (χ0v) is 17.8. The van der Waals surface area contributed by atoms with Crippen LogP contribution in [0.2, 0.25) is 0 Å². The van der Waals surface area contributed by atoms with E-state index in [1.807, 2.05) is 0 Å². The van der Waals surface area contributed by atoms with E-state index in [0.29, 0.717) is 16.7 Å². The van der Waals surface area contributed by atoms with Crippen LogP contribution in [-0.4, -0.2) is 48.7 Å². The first-order valence-corrected chi connectivity index (χ1v) is 10.1. The summed E-state index contributed by atoms with van der Waals surface area (Å²) in [5.74, 6) is -3.84. The summed E-state index contributed by atoms with van der Waals surface area (Å²) in [6, 6.07) is 12.7. The number of hydrogen-bond acceptors (Lipinski definition) is 8. The van der Waals surface area contributed by atoms with Crippen LogP contribution in [0.1, 0.15) is 22.3 Å². The van der Waals surface area contributed by atoms with Gasteiger partial charge in [0.15, 0.2) is 23.0 Å². The first-order valence-electron chi connectivity index (χ1n) is 10.1. The van der Waals surface area contributed by atoms with Crippen molar-refractivity contribution in [2.24, 2.45) is 0 Å². The summed E-state index contributed by atoms with van der Waals surface area (Å²) < 4.78 is 5.07. The van der Waals surface area contributed by atoms with Gasteiger partial charge in [-0.25, -0.2) is 9.59 Å². The third-order valence-corrected chi connectivity index (χ3v) is 4.98. The van der Waals surface area contributed by atoms with E-state index in [1.54, 1.807) is 12.1 Å². The molecule has 0 saturated carbocycles. The molecule has 3 aromatic carbocycles. The molecule has 0 unspecified atom stereocenters. The van der Waals surface area contributed by atoms with Crippen molar-refractivity contribution in [3.05, 3.63) is 82.9 Å². The number of ether oxygens (including phenoxy) is 1. The van der Waals surface area contributed by atoms with Crippen molar-refractivity contribution in [3.63, 3.8) is 0 Å². The van der Waals surface area contributed by atoms with E-state index >= 15 is 0 Å². The highest BCUT2D eigenvalue weighted by Gasteiger charge is 2.24. The number of carboxylic acid groups (broad SMARTS) is 1. The zero-order chi connectivity index (χ0) is 24.8. The lowest BCUT2D eigenvalue weighted by Gasteiger charge is -2.17.